The summed E-state index contributed by atoms with van der Waals surface area (Å²) in [5.74, 6) is -0.267. The van der Waals surface area contributed by atoms with Crippen LogP contribution in [0, 0.1) is 5.41 Å². The van der Waals surface area contributed by atoms with E-state index in [1.54, 1.807) is 23.9 Å². The van der Waals surface area contributed by atoms with Crippen LogP contribution in [0.5, 0.6) is 0 Å². The van der Waals surface area contributed by atoms with E-state index in [0.717, 1.165) is 79.7 Å². The second-order valence-electron chi connectivity index (χ2n) is 17.4. The van der Waals surface area contributed by atoms with Crippen molar-refractivity contribution in [2.45, 2.75) is 65.0 Å². The molecule has 65 heavy (non-hydrogen) atoms. The molecule has 0 bridgehead atoms. The van der Waals surface area contributed by atoms with Crippen LogP contribution in [0.1, 0.15) is 55.5 Å². The SMILES string of the molecule is CC1(C)CCC(c2ccc(Cl)cc2)=C(CN2CCN(c3ccc(C(=O)NS(=O)(=O)c4ccc(NCCC(CSc5ccccc5)N5CCOCC5)c(S(=O)(=O)C(F)(F)Cl)c4)cc3)CC2)C1. The lowest BCUT2D eigenvalue weighted by molar-refractivity contribution is 0.0203. The topological polar surface area (TPSA) is 128 Å². The molecule has 2 saturated heterocycles. The van der Waals surface area contributed by atoms with Gasteiger partial charge in [0.2, 0.25) is 0 Å². The van der Waals surface area contributed by atoms with Crippen LogP contribution < -0.4 is 14.9 Å². The van der Waals surface area contributed by atoms with Gasteiger partial charge in [-0.05, 0) is 121 Å². The lowest BCUT2D eigenvalue weighted by Crippen LogP contribution is -2.47. The highest BCUT2D eigenvalue weighted by atomic mass is 35.5. The molecule has 2 heterocycles. The van der Waals surface area contributed by atoms with E-state index in [1.165, 1.54) is 28.8 Å². The van der Waals surface area contributed by atoms with Crippen molar-refractivity contribution in [3.8, 4) is 0 Å². The number of benzene rings is 4. The molecule has 2 aliphatic heterocycles. The summed E-state index contributed by atoms with van der Waals surface area (Å²) in [5, 5.41) is 3.66. The number of morpholine rings is 1. The molecule has 1 amide bonds. The zero-order chi connectivity index (χ0) is 46.4. The molecule has 350 valence electrons. The third-order valence-corrected chi connectivity index (χ3v) is 17.1. The van der Waals surface area contributed by atoms with Crippen molar-refractivity contribution >= 4 is 77.7 Å². The highest BCUT2D eigenvalue weighted by Crippen LogP contribution is 2.43. The van der Waals surface area contributed by atoms with Gasteiger partial charge in [0.15, 0.2) is 0 Å². The maximum absolute atomic E-state index is 14.5. The van der Waals surface area contributed by atoms with E-state index in [4.69, 9.17) is 27.9 Å². The van der Waals surface area contributed by atoms with E-state index in [0.29, 0.717) is 44.5 Å². The number of piperazine rings is 1. The molecular formula is C47H55Cl2F2N5O6S3. The lowest BCUT2D eigenvalue weighted by atomic mass is 9.73. The van der Waals surface area contributed by atoms with E-state index in [-0.39, 0.29) is 29.3 Å². The number of hydrogen-bond donors (Lipinski definition) is 2. The molecule has 0 radical (unpaired) electrons. The van der Waals surface area contributed by atoms with Crippen LogP contribution in [0.2, 0.25) is 5.02 Å². The van der Waals surface area contributed by atoms with Crippen LogP contribution in [0.15, 0.2) is 117 Å². The maximum Gasteiger partial charge on any atom is 0.427 e. The minimum atomic E-state index is -5.59. The van der Waals surface area contributed by atoms with Crippen molar-refractivity contribution in [1.29, 1.82) is 0 Å². The summed E-state index contributed by atoms with van der Waals surface area (Å²) in [4.78, 5) is 19.6. The molecular weight excluding hydrogens is 936 g/mol. The maximum atomic E-state index is 14.5. The van der Waals surface area contributed by atoms with Crippen molar-refractivity contribution in [3.63, 3.8) is 0 Å². The molecule has 2 fully saturated rings. The number of anilines is 2. The summed E-state index contributed by atoms with van der Waals surface area (Å²) >= 11 is 13.0. The molecule has 4 aromatic rings. The van der Waals surface area contributed by atoms with Gasteiger partial charge in [-0.3, -0.25) is 14.6 Å². The number of nitrogens with zero attached hydrogens (tertiary/aromatic N) is 3. The number of amides is 1. The molecule has 11 nitrogen and oxygen atoms in total. The Morgan fingerprint density at radius 2 is 1.57 bits per heavy atom. The predicted molar refractivity (Wildman–Crippen MR) is 257 cm³/mol. The summed E-state index contributed by atoms with van der Waals surface area (Å²) in [6, 6.07) is 27.3. The summed E-state index contributed by atoms with van der Waals surface area (Å²) in [6.45, 7) is 11.4. The molecule has 1 aliphatic carbocycles. The fourth-order valence-corrected chi connectivity index (χ4v) is 12.1. The van der Waals surface area contributed by atoms with Crippen LogP contribution in [0.25, 0.3) is 5.57 Å². The molecule has 7 rings (SSSR count). The number of sulfone groups is 1. The first-order valence-corrected chi connectivity index (χ1v) is 26.4. The van der Waals surface area contributed by atoms with E-state index in [2.05, 4.69) is 46.0 Å². The zero-order valence-corrected chi connectivity index (χ0v) is 40.4. The van der Waals surface area contributed by atoms with Crippen molar-refractivity contribution in [2.24, 2.45) is 5.41 Å². The third-order valence-electron chi connectivity index (χ3n) is 12.3. The van der Waals surface area contributed by atoms with Crippen LogP contribution >= 0.6 is 35.0 Å². The summed E-state index contributed by atoms with van der Waals surface area (Å²) in [6.07, 6.45) is 3.69. The lowest BCUT2D eigenvalue weighted by Gasteiger charge is -2.39. The summed E-state index contributed by atoms with van der Waals surface area (Å²) < 4.78 is 85.0. The Morgan fingerprint density at radius 3 is 2.23 bits per heavy atom. The van der Waals surface area contributed by atoms with Gasteiger partial charge in [-0.15, -0.1) is 11.8 Å². The van der Waals surface area contributed by atoms with Gasteiger partial charge < -0.3 is 15.0 Å². The number of rotatable bonds is 17. The normalized spacial score (nSPS) is 18.3. The Balaban J connectivity index is 0.985. The number of allylic oxidation sites excluding steroid dienone is 1. The zero-order valence-electron chi connectivity index (χ0n) is 36.4. The third kappa shape index (κ3) is 12.6. The molecule has 18 heteroatoms. The van der Waals surface area contributed by atoms with Crippen LogP contribution in [-0.2, 0) is 24.6 Å². The first-order valence-electron chi connectivity index (χ1n) is 21.7. The molecule has 3 aliphatic rings. The average Bonchev–Trinajstić information content (AvgIpc) is 3.28. The second kappa shape index (κ2) is 21.1. The molecule has 1 unspecified atom stereocenters. The Morgan fingerprint density at radius 1 is 0.892 bits per heavy atom. The van der Waals surface area contributed by atoms with E-state index in [1.807, 2.05) is 47.2 Å². The van der Waals surface area contributed by atoms with Gasteiger partial charge in [-0.25, -0.2) is 21.6 Å². The van der Waals surface area contributed by atoms with Crippen LogP contribution in [-0.4, -0.2) is 115 Å². The van der Waals surface area contributed by atoms with E-state index >= 15 is 0 Å². The number of carbonyl (C=O) groups excluding carboxylic acids is 1. The van der Waals surface area contributed by atoms with Crippen LogP contribution in [0.3, 0.4) is 0 Å². The van der Waals surface area contributed by atoms with Gasteiger partial charge in [-0.2, -0.15) is 8.78 Å². The number of hydrogen-bond acceptors (Lipinski definition) is 11. The fourth-order valence-electron chi connectivity index (χ4n) is 8.62. The number of carbonyl (C=O) groups is 1. The Bertz CT molecular complexity index is 2530. The molecule has 1 atom stereocenters. The van der Waals surface area contributed by atoms with Gasteiger partial charge in [0.25, 0.3) is 25.8 Å². The number of ether oxygens (including phenoxy) is 1. The quantitative estimate of drug-likeness (QED) is 0.0777. The van der Waals surface area contributed by atoms with Gasteiger partial charge in [0.05, 0.1) is 28.7 Å². The minimum Gasteiger partial charge on any atom is -0.384 e. The highest BCUT2D eigenvalue weighted by Gasteiger charge is 2.46. The summed E-state index contributed by atoms with van der Waals surface area (Å²) in [5.41, 5.74) is 4.98. The van der Waals surface area contributed by atoms with Crippen molar-refractivity contribution in [3.05, 3.63) is 119 Å². The Labute approximate surface area is 395 Å². The second-order valence-corrected chi connectivity index (χ2v) is 23.3. The Kier molecular flexibility index (Phi) is 15.9. The van der Waals surface area contributed by atoms with E-state index in [9.17, 15) is 30.4 Å². The van der Waals surface area contributed by atoms with Crippen LogP contribution in [0.4, 0.5) is 20.2 Å². The number of sulfonamides is 1. The van der Waals surface area contributed by atoms with Gasteiger partial charge in [0, 0.05) is 85.3 Å². The largest absolute Gasteiger partial charge is 0.427 e. The Hall–Kier alpha value is -3.74. The molecule has 0 spiro atoms. The molecule has 0 saturated carbocycles. The van der Waals surface area contributed by atoms with Crippen molar-refractivity contribution in [2.75, 3.05) is 81.5 Å². The highest BCUT2D eigenvalue weighted by molar-refractivity contribution is 7.99. The number of alkyl halides is 3. The first kappa shape index (κ1) is 49.2. The summed E-state index contributed by atoms with van der Waals surface area (Å²) in [7, 11) is -10.3. The monoisotopic (exact) mass is 989 g/mol. The van der Waals surface area contributed by atoms with Crippen molar-refractivity contribution in [1.82, 2.24) is 14.5 Å². The van der Waals surface area contributed by atoms with Gasteiger partial charge in [0.1, 0.15) is 0 Å². The number of thioether (sulfide) groups is 1. The van der Waals surface area contributed by atoms with Crippen molar-refractivity contribution < 1.29 is 35.1 Å². The van der Waals surface area contributed by atoms with Gasteiger partial charge in [-0.1, -0.05) is 61.4 Å². The molecule has 2 N–H and O–H groups in total. The first-order chi connectivity index (χ1) is 30.9. The predicted octanol–water partition coefficient (Wildman–Crippen LogP) is 9.10. The standard InChI is InChI=1S/C47H55Cl2F2N5O6S3/c1-46(2)20-18-42(34-8-12-37(48)13-9-34)36(31-46)32-54-22-24-55(25-23-54)38-14-10-35(11-15-38)45(57)53-65(60,61)41-16-17-43(44(30-41)64(58,59)47(49,50)51)52-21-19-39(56-26-28-62-29-27-56)33-63-40-6-4-3-5-7-40/h3-17,30,39,52H,18-29,31-33H2,1-2H3,(H,53,57). The van der Waals surface area contributed by atoms with Gasteiger partial charge >= 0.3 is 4.71 Å². The van der Waals surface area contributed by atoms with E-state index < -0.39 is 40.3 Å². The molecule has 4 aromatic carbocycles. The average molecular weight is 991 g/mol. The smallest absolute Gasteiger partial charge is 0.384 e. The fraction of sp³-hybridized carbons (Fsp3) is 0.426. The molecule has 0 aromatic heterocycles. The number of halogens is 4. The number of nitrogens with one attached hydrogen (secondary N) is 2. The minimum absolute atomic E-state index is 0.0259.